The first kappa shape index (κ1) is 11.5. The Hall–Kier alpha value is 0.0500. The van der Waals surface area contributed by atoms with Crippen LogP contribution in [0.2, 0.25) is 0 Å². The second-order valence-corrected chi connectivity index (χ2v) is 6.82. The molecule has 2 heterocycles. The maximum absolute atomic E-state index is 5.59. The maximum Gasteiger partial charge on any atom is 0.0656 e. The van der Waals surface area contributed by atoms with Crippen molar-refractivity contribution >= 4 is 45.3 Å². The minimum Gasteiger partial charge on any atom is -0.271 e. The van der Waals surface area contributed by atoms with Crippen LogP contribution in [0.5, 0.6) is 0 Å². The van der Waals surface area contributed by atoms with E-state index in [0.717, 1.165) is 6.42 Å². The molecular formula is C10H11IN2S2. The van der Waals surface area contributed by atoms with Crippen molar-refractivity contribution in [2.24, 2.45) is 5.84 Å². The number of thiophene rings is 2. The van der Waals surface area contributed by atoms with Gasteiger partial charge in [-0.2, -0.15) is 11.3 Å². The third kappa shape index (κ3) is 3.01. The van der Waals surface area contributed by atoms with E-state index in [-0.39, 0.29) is 6.04 Å². The summed E-state index contributed by atoms with van der Waals surface area (Å²) in [6, 6.07) is 4.55. The second-order valence-electron chi connectivity index (χ2n) is 3.24. The van der Waals surface area contributed by atoms with Crippen molar-refractivity contribution < 1.29 is 0 Å². The van der Waals surface area contributed by atoms with Crippen LogP contribution in [0.4, 0.5) is 0 Å². The molecule has 0 fully saturated rings. The molecule has 2 aromatic heterocycles. The first-order chi connectivity index (χ1) is 7.29. The van der Waals surface area contributed by atoms with E-state index in [9.17, 15) is 0 Å². The molecule has 0 saturated carbocycles. The zero-order valence-electron chi connectivity index (χ0n) is 7.94. The molecule has 2 nitrogen and oxygen atoms in total. The Morgan fingerprint density at radius 3 is 2.87 bits per heavy atom. The quantitative estimate of drug-likeness (QED) is 0.505. The van der Waals surface area contributed by atoms with E-state index in [1.54, 1.807) is 22.7 Å². The number of halogens is 1. The maximum atomic E-state index is 5.59. The number of rotatable bonds is 4. The normalized spacial score (nSPS) is 12.9. The van der Waals surface area contributed by atoms with Gasteiger partial charge in [0.1, 0.15) is 0 Å². The molecule has 0 aliphatic carbocycles. The monoisotopic (exact) mass is 350 g/mol. The first-order valence-corrected chi connectivity index (χ1v) is 7.41. The van der Waals surface area contributed by atoms with Gasteiger partial charge in [-0.25, -0.2) is 0 Å². The van der Waals surface area contributed by atoms with Gasteiger partial charge in [-0.15, -0.1) is 11.3 Å². The Balaban J connectivity index is 2.11. The van der Waals surface area contributed by atoms with Crippen LogP contribution in [0.1, 0.15) is 17.2 Å². The van der Waals surface area contributed by atoms with Gasteiger partial charge in [0.25, 0.3) is 0 Å². The molecule has 0 spiro atoms. The molecule has 80 valence electrons. The number of nitrogens with two attached hydrogens (primary N) is 1. The summed E-state index contributed by atoms with van der Waals surface area (Å²) in [5, 5.41) is 6.43. The standard InChI is InChI=1S/C10H11IN2S2/c11-10-4-8(6-15-10)9(13-12)3-7-1-2-14-5-7/h1-2,4-6,9,13H,3,12H2. The number of hydrogen-bond acceptors (Lipinski definition) is 4. The van der Waals surface area contributed by atoms with E-state index in [1.165, 1.54) is 14.0 Å². The predicted octanol–water partition coefficient (Wildman–Crippen LogP) is 3.16. The lowest BCUT2D eigenvalue weighted by atomic mass is 10.0. The SMILES string of the molecule is NNC(Cc1ccsc1)c1csc(I)c1. The van der Waals surface area contributed by atoms with Gasteiger partial charge in [0, 0.05) is 0 Å². The molecule has 0 aliphatic heterocycles. The van der Waals surface area contributed by atoms with E-state index in [2.05, 4.69) is 56.3 Å². The average Bonchev–Trinajstić information content (AvgIpc) is 2.85. The molecule has 0 bridgehead atoms. The summed E-state index contributed by atoms with van der Waals surface area (Å²) in [5.74, 6) is 5.59. The summed E-state index contributed by atoms with van der Waals surface area (Å²) in [6.07, 6.45) is 0.951. The van der Waals surface area contributed by atoms with E-state index < -0.39 is 0 Å². The number of hydrogen-bond donors (Lipinski definition) is 2. The zero-order chi connectivity index (χ0) is 10.7. The Morgan fingerprint density at radius 2 is 2.33 bits per heavy atom. The topological polar surface area (TPSA) is 38.0 Å². The molecular weight excluding hydrogens is 339 g/mol. The fourth-order valence-electron chi connectivity index (χ4n) is 1.42. The van der Waals surface area contributed by atoms with E-state index in [0.29, 0.717) is 0 Å². The molecule has 0 amide bonds. The molecule has 5 heteroatoms. The molecule has 0 radical (unpaired) electrons. The highest BCUT2D eigenvalue weighted by Crippen LogP contribution is 2.25. The fourth-order valence-corrected chi connectivity index (χ4v) is 3.53. The molecule has 0 aromatic carbocycles. The van der Waals surface area contributed by atoms with Crippen molar-refractivity contribution in [2.75, 3.05) is 0 Å². The van der Waals surface area contributed by atoms with Gasteiger partial charge in [-0.05, 0) is 68.4 Å². The zero-order valence-corrected chi connectivity index (χ0v) is 11.7. The van der Waals surface area contributed by atoms with Crippen LogP contribution in [0, 0.1) is 2.88 Å². The summed E-state index contributed by atoms with van der Waals surface area (Å²) in [6.45, 7) is 0. The van der Waals surface area contributed by atoms with E-state index in [1.807, 2.05) is 0 Å². The van der Waals surface area contributed by atoms with Crippen molar-refractivity contribution in [1.82, 2.24) is 5.43 Å². The molecule has 3 N–H and O–H groups in total. The average molecular weight is 350 g/mol. The molecule has 1 unspecified atom stereocenters. The van der Waals surface area contributed by atoms with Crippen LogP contribution in [-0.4, -0.2) is 0 Å². The summed E-state index contributed by atoms with van der Waals surface area (Å²) < 4.78 is 1.30. The van der Waals surface area contributed by atoms with E-state index in [4.69, 9.17) is 5.84 Å². The van der Waals surface area contributed by atoms with Crippen molar-refractivity contribution in [2.45, 2.75) is 12.5 Å². The number of hydrazine groups is 1. The Labute approximate surface area is 111 Å². The Bertz CT molecular complexity index is 411. The Kier molecular flexibility index (Phi) is 4.15. The lowest BCUT2D eigenvalue weighted by Crippen LogP contribution is -2.29. The largest absolute Gasteiger partial charge is 0.271 e. The highest BCUT2D eigenvalue weighted by Gasteiger charge is 2.12. The lowest BCUT2D eigenvalue weighted by Gasteiger charge is -2.13. The van der Waals surface area contributed by atoms with Gasteiger partial charge in [0.05, 0.1) is 8.93 Å². The van der Waals surface area contributed by atoms with Gasteiger partial charge in [-0.3, -0.25) is 11.3 Å². The summed E-state index contributed by atoms with van der Waals surface area (Å²) in [7, 11) is 0. The van der Waals surface area contributed by atoms with Gasteiger partial charge in [0.2, 0.25) is 0 Å². The van der Waals surface area contributed by atoms with Crippen molar-refractivity contribution in [3.05, 3.63) is 42.3 Å². The second kappa shape index (κ2) is 5.40. The summed E-state index contributed by atoms with van der Waals surface area (Å²) in [4.78, 5) is 0. The van der Waals surface area contributed by atoms with Gasteiger partial charge in [0.15, 0.2) is 0 Å². The molecule has 2 aromatic rings. The minimum absolute atomic E-state index is 0.222. The predicted molar refractivity (Wildman–Crippen MR) is 75.1 cm³/mol. The van der Waals surface area contributed by atoms with E-state index >= 15 is 0 Å². The molecule has 1 atom stereocenters. The first-order valence-electron chi connectivity index (χ1n) is 4.50. The third-order valence-corrected chi connectivity index (χ3v) is 4.75. The molecule has 15 heavy (non-hydrogen) atoms. The van der Waals surface area contributed by atoms with Crippen LogP contribution in [0.3, 0.4) is 0 Å². The molecule has 0 saturated heterocycles. The molecule has 0 aliphatic rings. The summed E-state index contributed by atoms with van der Waals surface area (Å²) >= 11 is 5.81. The Morgan fingerprint density at radius 1 is 1.47 bits per heavy atom. The van der Waals surface area contributed by atoms with Crippen LogP contribution in [-0.2, 0) is 6.42 Å². The van der Waals surface area contributed by atoms with Gasteiger partial charge in [-0.1, -0.05) is 0 Å². The highest BCUT2D eigenvalue weighted by atomic mass is 127. The highest BCUT2D eigenvalue weighted by molar-refractivity contribution is 14.1. The fraction of sp³-hybridized carbons (Fsp3) is 0.200. The van der Waals surface area contributed by atoms with Gasteiger partial charge >= 0.3 is 0 Å². The smallest absolute Gasteiger partial charge is 0.0656 e. The van der Waals surface area contributed by atoms with Gasteiger partial charge < -0.3 is 0 Å². The van der Waals surface area contributed by atoms with Crippen molar-refractivity contribution in [3.63, 3.8) is 0 Å². The number of nitrogens with one attached hydrogen (secondary N) is 1. The van der Waals surface area contributed by atoms with Crippen LogP contribution in [0.25, 0.3) is 0 Å². The van der Waals surface area contributed by atoms with Crippen molar-refractivity contribution in [1.29, 1.82) is 0 Å². The third-order valence-electron chi connectivity index (χ3n) is 2.21. The molecule has 2 rings (SSSR count). The van der Waals surface area contributed by atoms with Crippen molar-refractivity contribution in [3.8, 4) is 0 Å². The van der Waals surface area contributed by atoms with Crippen LogP contribution >= 0.6 is 45.3 Å². The van der Waals surface area contributed by atoms with Crippen LogP contribution < -0.4 is 11.3 Å². The van der Waals surface area contributed by atoms with Crippen LogP contribution in [0.15, 0.2) is 28.3 Å². The lowest BCUT2D eigenvalue weighted by molar-refractivity contribution is 0.554. The minimum atomic E-state index is 0.222. The summed E-state index contributed by atoms with van der Waals surface area (Å²) in [5.41, 5.74) is 5.49.